The maximum Gasteiger partial charge on any atom is 0.355 e. The zero-order valence-corrected chi connectivity index (χ0v) is 12.5. The summed E-state index contributed by atoms with van der Waals surface area (Å²) in [6.45, 7) is 4.47. The average molecular weight is 291 g/mol. The van der Waals surface area contributed by atoms with Gasteiger partial charge in [0, 0.05) is 23.0 Å². The number of rotatable bonds is 4. The molecule has 0 aliphatic heterocycles. The third-order valence-electron chi connectivity index (χ3n) is 3.78. The van der Waals surface area contributed by atoms with Crippen LogP contribution in [0.1, 0.15) is 21.6 Å². The van der Waals surface area contributed by atoms with Gasteiger partial charge >= 0.3 is 5.97 Å². The molecule has 0 fully saturated rings. The predicted molar refractivity (Wildman–Crippen MR) is 88.9 cm³/mol. The lowest BCUT2D eigenvalue weighted by Gasteiger charge is -2.10. The van der Waals surface area contributed by atoms with Crippen molar-refractivity contribution in [1.29, 1.82) is 0 Å². The van der Waals surface area contributed by atoms with Crippen LogP contribution in [0, 0.1) is 0 Å². The van der Waals surface area contributed by atoms with E-state index in [4.69, 9.17) is 4.74 Å². The van der Waals surface area contributed by atoms with E-state index in [9.17, 15) is 4.79 Å². The maximum absolute atomic E-state index is 12.3. The number of carbonyl (C=O) groups excluding carboxylic acids is 1. The first kappa shape index (κ1) is 14.1. The van der Waals surface area contributed by atoms with Crippen molar-refractivity contribution in [2.24, 2.45) is 0 Å². The second-order valence-corrected chi connectivity index (χ2v) is 5.05. The van der Waals surface area contributed by atoms with E-state index in [1.54, 1.807) is 6.08 Å². The van der Waals surface area contributed by atoms with E-state index in [0.717, 1.165) is 22.0 Å². The second kappa shape index (κ2) is 5.90. The van der Waals surface area contributed by atoms with Crippen molar-refractivity contribution in [2.45, 2.75) is 6.54 Å². The molecule has 0 saturated heterocycles. The monoisotopic (exact) mass is 291 g/mol. The first-order valence-corrected chi connectivity index (χ1v) is 7.12. The normalized spacial score (nSPS) is 10.6. The van der Waals surface area contributed by atoms with Crippen LogP contribution in [0.5, 0.6) is 0 Å². The van der Waals surface area contributed by atoms with Gasteiger partial charge in [-0.25, -0.2) is 4.79 Å². The molecule has 0 saturated carbocycles. The molecule has 3 nitrogen and oxygen atoms in total. The number of fused-ring (bicyclic) bond motifs is 1. The van der Waals surface area contributed by atoms with Gasteiger partial charge in [0.25, 0.3) is 0 Å². The molecule has 0 radical (unpaired) electrons. The summed E-state index contributed by atoms with van der Waals surface area (Å²) in [5.74, 6) is -0.345. The SMILES string of the molecule is C=Cc1c(C(=O)OC)n(Cc2ccccc2)c2ccccc12. The number of para-hydroxylation sites is 1. The number of nitrogens with zero attached hydrogens (tertiary/aromatic N) is 1. The van der Waals surface area contributed by atoms with Crippen molar-refractivity contribution in [2.75, 3.05) is 7.11 Å². The van der Waals surface area contributed by atoms with Crippen LogP contribution in [0.2, 0.25) is 0 Å². The molecule has 3 aromatic rings. The van der Waals surface area contributed by atoms with E-state index in [1.165, 1.54) is 7.11 Å². The summed E-state index contributed by atoms with van der Waals surface area (Å²) in [4.78, 5) is 12.3. The van der Waals surface area contributed by atoms with Crippen molar-refractivity contribution >= 4 is 22.9 Å². The minimum atomic E-state index is -0.345. The van der Waals surface area contributed by atoms with E-state index >= 15 is 0 Å². The Kier molecular flexibility index (Phi) is 3.79. The molecule has 3 rings (SSSR count). The molecule has 1 heterocycles. The van der Waals surface area contributed by atoms with E-state index < -0.39 is 0 Å². The Morgan fingerprint density at radius 3 is 2.50 bits per heavy atom. The summed E-state index contributed by atoms with van der Waals surface area (Å²) < 4.78 is 6.97. The van der Waals surface area contributed by atoms with E-state index in [-0.39, 0.29) is 5.97 Å². The zero-order chi connectivity index (χ0) is 15.5. The molecule has 0 atom stereocenters. The van der Waals surface area contributed by atoms with Crippen LogP contribution >= 0.6 is 0 Å². The number of aromatic nitrogens is 1. The molecule has 0 unspecified atom stereocenters. The standard InChI is InChI=1S/C19H17NO2/c1-3-15-16-11-7-8-12-17(16)20(18(15)19(21)22-2)13-14-9-5-4-6-10-14/h3-12H,1,13H2,2H3. The Hall–Kier alpha value is -2.81. The molecule has 0 aliphatic rings. The molecule has 1 aromatic heterocycles. The maximum atomic E-state index is 12.3. The Balaban J connectivity index is 2.26. The highest BCUT2D eigenvalue weighted by atomic mass is 16.5. The summed E-state index contributed by atoms with van der Waals surface area (Å²) in [5.41, 5.74) is 3.49. The highest BCUT2D eigenvalue weighted by Crippen LogP contribution is 2.28. The van der Waals surface area contributed by atoms with Crippen LogP contribution in [-0.4, -0.2) is 17.6 Å². The minimum Gasteiger partial charge on any atom is -0.464 e. The molecule has 2 aromatic carbocycles. The number of ether oxygens (including phenoxy) is 1. The lowest BCUT2D eigenvalue weighted by atomic mass is 10.1. The molecule has 0 amide bonds. The fourth-order valence-electron chi connectivity index (χ4n) is 2.78. The first-order valence-electron chi connectivity index (χ1n) is 7.12. The van der Waals surface area contributed by atoms with Gasteiger partial charge in [-0.15, -0.1) is 0 Å². The summed E-state index contributed by atoms with van der Waals surface area (Å²) >= 11 is 0. The highest BCUT2D eigenvalue weighted by Gasteiger charge is 2.21. The molecular formula is C19H17NO2. The van der Waals surface area contributed by atoms with Crippen molar-refractivity contribution in [3.8, 4) is 0 Å². The number of hydrogen-bond donors (Lipinski definition) is 0. The number of hydrogen-bond acceptors (Lipinski definition) is 2. The Morgan fingerprint density at radius 1 is 1.14 bits per heavy atom. The van der Waals surface area contributed by atoms with Gasteiger partial charge in [-0.3, -0.25) is 0 Å². The van der Waals surface area contributed by atoms with Crippen LogP contribution in [0.3, 0.4) is 0 Å². The lowest BCUT2D eigenvalue weighted by molar-refractivity contribution is 0.0589. The summed E-state index contributed by atoms with van der Waals surface area (Å²) in [6.07, 6.45) is 1.72. The number of methoxy groups -OCH3 is 1. The second-order valence-electron chi connectivity index (χ2n) is 5.05. The van der Waals surface area contributed by atoms with Crippen molar-refractivity contribution in [3.05, 3.63) is 78.0 Å². The van der Waals surface area contributed by atoms with Crippen LogP contribution < -0.4 is 0 Å². The third kappa shape index (κ3) is 2.31. The van der Waals surface area contributed by atoms with Gasteiger partial charge < -0.3 is 9.30 Å². The Morgan fingerprint density at radius 2 is 1.82 bits per heavy atom. The third-order valence-corrected chi connectivity index (χ3v) is 3.78. The topological polar surface area (TPSA) is 31.2 Å². The van der Waals surface area contributed by atoms with Gasteiger partial charge in [0.2, 0.25) is 0 Å². The fourth-order valence-corrected chi connectivity index (χ4v) is 2.78. The lowest BCUT2D eigenvalue weighted by Crippen LogP contribution is -2.12. The Labute approximate surface area is 129 Å². The van der Waals surface area contributed by atoms with Gasteiger partial charge in [0.1, 0.15) is 5.69 Å². The number of carbonyl (C=O) groups is 1. The first-order chi connectivity index (χ1) is 10.8. The summed E-state index contributed by atoms with van der Waals surface area (Å²) in [7, 11) is 1.40. The van der Waals surface area contributed by atoms with Crippen molar-refractivity contribution < 1.29 is 9.53 Å². The molecular weight excluding hydrogens is 274 g/mol. The minimum absolute atomic E-state index is 0.345. The van der Waals surface area contributed by atoms with Gasteiger partial charge in [0.05, 0.1) is 7.11 Å². The van der Waals surface area contributed by atoms with Crippen LogP contribution in [-0.2, 0) is 11.3 Å². The molecule has 110 valence electrons. The van der Waals surface area contributed by atoms with Crippen molar-refractivity contribution in [3.63, 3.8) is 0 Å². The van der Waals surface area contributed by atoms with Gasteiger partial charge in [-0.1, -0.05) is 61.2 Å². The molecule has 0 spiro atoms. The molecule has 0 N–H and O–H groups in total. The number of benzene rings is 2. The highest BCUT2D eigenvalue weighted by molar-refractivity contribution is 6.03. The van der Waals surface area contributed by atoms with Crippen LogP contribution in [0.25, 0.3) is 17.0 Å². The quantitative estimate of drug-likeness (QED) is 0.677. The van der Waals surface area contributed by atoms with Gasteiger partial charge in [-0.05, 0) is 11.6 Å². The smallest absolute Gasteiger partial charge is 0.355 e. The molecule has 3 heteroatoms. The largest absolute Gasteiger partial charge is 0.464 e. The van der Waals surface area contributed by atoms with E-state index in [2.05, 4.69) is 6.58 Å². The average Bonchev–Trinajstić information content (AvgIpc) is 2.89. The van der Waals surface area contributed by atoms with E-state index in [1.807, 2.05) is 59.2 Å². The summed E-state index contributed by atoms with van der Waals surface area (Å²) in [6, 6.07) is 18.0. The van der Waals surface area contributed by atoms with E-state index in [0.29, 0.717) is 12.2 Å². The van der Waals surface area contributed by atoms with Crippen LogP contribution in [0.15, 0.2) is 61.2 Å². The Bertz CT molecular complexity index is 831. The van der Waals surface area contributed by atoms with Gasteiger partial charge in [0.15, 0.2) is 0 Å². The summed E-state index contributed by atoms with van der Waals surface area (Å²) in [5, 5.41) is 1.01. The zero-order valence-electron chi connectivity index (χ0n) is 12.5. The molecule has 0 bridgehead atoms. The van der Waals surface area contributed by atoms with Crippen LogP contribution in [0.4, 0.5) is 0 Å². The predicted octanol–water partition coefficient (Wildman–Crippen LogP) is 4.12. The molecule has 0 aliphatic carbocycles. The van der Waals surface area contributed by atoms with Gasteiger partial charge in [-0.2, -0.15) is 0 Å². The number of esters is 1. The molecule has 22 heavy (non-hydrogen) atoms. The van der Waals surface area contributed by atoms with Crippen molar-refractivity contribution in [1.82, 2.24) is 4.57 Å². The fraction of sp³-hybridized carbons (Fsp3) is 0.105.